The van der Waals surface area contributed by atoms with Crippen molar-refractivity contribution in [1.82, 2.24) is 5.32 Å². The molecular formula is C20H20N4O2. The van der Waals surface area contributed by atoms with Crippen LogP contribution in [0.5, 0.6) is 0 Å². The monoisotopic (exact) mass is 348 g/mol. The maximum Gasteiger partial charge on any atom is 0.239 e. The molecule has 0 aromatic heterocycles. The SMILES string of the molecule is N#Cc1ccc(CCC(=O)Nc2ccc(N3CCNC(=O)C3)cc2)cc1. The van der Waals surface area contributed by atoms with Crippen LogP contribution in [0.4, 0.5) is 11.4 Å². The molecule has 26 heavy (non-hydrogen) atoms. The molecule has 0 atom stereocenters. The Balaban J connectivity index is 1.51. The smallest absolute Gasteiger partial charge is 0.239 e. The van der Waals surface area contributed by atoms with Crippen LogP contribution in [0.2, 0.25) is 0 Å². The van der Waals surface area contributed by atoms with Gasteiger partial charge in [0.15, 0.2) is 0 Å². The maximum atomic E-state index is 12.1. The highest BCUT2D eigenvalue weighted by Gasteiger charge is 2.16. The van der Waals surface area contributed by atoms with Crippen LogP contribution < -0.4 is 15.5 Å². The fourth-order valence-electron chi connectivity index (χ4n) is 2.84. The van der Waals surface area contributed by atoms with E-state index in [0.29, 0.717) is 31.5 Å². The van der Waals surface area contributed by atoms with Gasteiger partial charge in [-0.25, -0.2) is 0 Å². The minimum absolute atomic E-state index is 0.0245. The quantitative estimate of drug-likeness (QED) is 0.866. The van der Waals surface area contributed by atoms with Gasteiger partial charge in [0.1, 0.15) is 0 Å². The molecule has 0 radical (unpaired) electrons. The number of aryl methyl sites for hydroxylation is 1. The average molecular weight is 348 g/mol. The summed E-state index contributed by atoms with van der Waals surface area (Å²) in [5, 5.41) is 14.5. The van der Waals surface area contributed by atoms with Crippen molar-refractivity contribution in [2.45, 2.75) is 12.8 Å². The lowest BCUT2D eigenvalue weighted by Crippen LogP contribution is -2.47. The topological polar surface area (TPSA) is 85.2 Å². The van der Waals surface area contributed by atoms with Crippen molar-refractivity contribution in [3.8, 4) is 6.07 Å². The van der Waals surface area contributed by atoms with Crippen molar-refractivity contribution in [1.29, 1.82) is 5.26 Å². The highest BCUT2D eigenvalue weighted by atomic mass is 16.2. The van der Waals surface area contributed by atoms with E-state index in [2.05, 4.69) is 16.7 Å². The molecule has 0 saturated carbocycles. The van der Waals surface area contributed by atoms with Crippen molar-refractivity contribution in [2.75, 3.05) is 29.9 Å². The number of rotatable bonds is 5. The van der Waals surface area contributed by atoms with E-state index in [0.717, 1.165) is 23.5 Å². The third kappa shape index (κ3) is 4.61. The summed E-state index contributed by atoms with van der Waals surface area (Å²) >= 11 is 0. The highest BCUT2D eigenvalue weighted by Crippen LogP contribution is 2.19. The van der Waals surface area contributed by atoms with E-state index < -0.39 is 0 Å². The zero-order valence-corrected chi connectivity index (χ0v) is 14.4. The Morgan fingerprint density at radius 2 is 1.88 bits per heavy atom. The largest absolute Gasteiger partial charge is 0.360 e. The number of nitrogens with one attached hydrogen (secondary N) is 2. The molecular weight excluding hydrogens is 328 g/mol. The number of anilines is 2. The van der Waals surface area contributed by atoms with E-state index in [1.54, 1.807) is 12.1 Å². The number of piperazine rings is 1. The standard InChI is InChI=1S/C20H20N4O2/c21-13-16-3-1-15(2-4-16)5-10-19(25)23-17-6-8-18(9-7-17)24-12-11-22-20(26)14-24/h1-4,6-9H,5,10-12,14H2,(H,22,26)(H,23,25). The molecule has 6 nitrogen and oxygen atoms in total. The first-order valence-corrected chi connectivity index (χ1v) is 8.54. The second-order valence-corrected chi connectivity index (χ2v) is 6.18. The number of benzene rings is 2. The van der Waals surface area contributed by atoms with E-state index in [-0.39, 0.29) is 11.8 Å². The minimum atomic E-state index is -0.0561. The van der Waals surface area contributed by atoms with Gasteiger partial charge in [0.25, 0.3) is 0 Å². The molecule has 0 spiro atoms. The minimum Gasteiger partial charge on any atom is -0.360 e. The highest BCUT2D eigenvalue weighted by molar-refractivity contribution is 5.91. The number of nitriles is 1. The summed E-state index contributed by atoms with van der Waals surface area (Å²) in [4.78, 5) is 25.6. The third-order valence-corrected chi connectivity index (χ3v) is 4.28. The fraction of sp³-hybridized carbons (Fsp3) is 0.250. The van der Waals surface area contributed by atoms with Crippen molar-refractivity contribution < 1.29 is 9.59 Å². The van der Waals surface area contributed by atoms with Crippen LogP contribution in [-0.4, -0.2) is 31.4 Å². The number of nitrogens with zero attached hydrogens (tertiary/aromatic N) is 2. The first-order valence-electron chi connectivity index (χ1n) is 8.54. The molecule has 0 aliphatic carbocycles. The summed E-state index contributed by atoms with van der Waals surface area (Å²) in [5.41, 5.74) is 3.35. The van der Waals surface area contributed by atoms with Gasteiger partial charge in [-0.05, 0) is 48.4 Å². The number of amides is 2. The van der Waals surface area contributed by atoms with E-state index in [1.165, 1.54) is 0 Å². The van der Waals surface area contributed by atoms with Gasteiger partial charge in [0.05, 0.1) is 18.2 Å². The molecule has 0 unspecified atom stereocenters. The summed E-state index contributed by atoms with van der Waals surface area (Å²) in [6.45, 7) is 1.78. The van der Waals surface area contributed by atoms with Crippen molar-refractivity contribution in [2.24, 2.45) is 0 Å². The maximum absolute atomic E-state index is 12.1. The van der Waals surface area contributed by atoms with Crippen molar-refractivity contribution >= 4 is 23.2 Å². The lowest BCUT2D eigenvalue weighted by molar-refractivity contribution is -0.120. The lowest BCUT2D eigenvalue weighted by atomic mass is 10.1. The Hall–Kier alpha value is -3.33. The first kappa shape index (κ1) is 17.5. The van der Waals surface area contributed by atoms with Crippen LogP contribution in [-0.2, 0) is 16.0 Å². The van der Waals surface area contributed by atoms with Crippen LogP contribution in [0, 0.1) is 11.3 Å². The van der Waals surface area contributed by atoms with E-state index in [4.69, 9.17) is 5.26 Å². The summed E-state index contributed by atoms with van der Waals surface area (Å²) in [5.74, 6) is -0.0316. The average Bonchev–Trinajstić information content (AvgIpc) is 2.67. The molecule has 2 N–H and O–H groups in total. The molecule has 2 amide bonds. The zero-order chi connectivity index (χ0) is 18.4. The molecule has 1 fully saturated rings. The predicted molar refractivity (Wildman–Crippen MR) is 99.8 cm³/mol. The molecule has 2 aromatic rings. The van der Waals surface area contributed by atoms with Crippen molar-refractivity contribution in [3.05, 3.63) is 59.7 Å². The van der Waals surface area contributed by atoms with Gasteiger partial charge in [-0.3, -0.25) is 9.59 Å². The first-order chi connectivity index (χ1) is 12.6. The molecule has 132 valence electrons. The summed E-state index contributed by atoms with van der Waals surface area (Å²) in [7, 11) is 0. The summed E-state index contributed by atoms with van der Waals surface area (Å²) in [6.07, 6.45) is 0.998. The van der Waals surface area contributed by atoms with Crippen LogP contribution >= 0.6 is 0 Å². The van der Waals surface area contributed by atoms with Crippen LogP contribution in [0.3, 0.4) is 0 Å². The van der Waals surface area contributed by atoms with Gasteiger partial charge in [-0.1, -0.05) is 12.1 Å². The second-order valence-electron chi connectivity index (χ2n) is 6.18. The molecule has 6 heteroatoms. The van der Waals surface area contributed by atoms with Crippen LogP contribution in [0.15, 0.2) is 48.5 Å². The van der Waals surface area contributed by atoms with Gasteiger partial charge in [0, 0.05) is 30.9 Å². The zero-order valence-electron chi connectivity index (χ0n) is 14.4. The Morgan fingerprint density at radius 1 is 1.15 bits per heavy atom. The van der Waals surface area contributed by atoms with Gasteiger partial charge in [-0.2, -0.15) is 5.26 Å². The van der Waals surface area contributed by atoms with Gasteiger partial charge in [0.2, 0.25) is 11.8 Å². The van der Waals surface area contributed by atoms with Gasteiger partial charge >= 0.3 is 0 Å². The van der Waals surface area contributed by atoms with Crippen LogP contribution in [0.25, 0.3) is 0 Å². The van der Waals surface area contributed by atoms with E-state index in [1.807, 2.05) is 41.3 Å². The fourth-order valence-corrected chi connectivity index (χ4v) is 2.84. The lowest BCUT2D eigenvalue weighted by Gasteiger charge is -2.28. The van der Waals surface area contributed by atoms with Crippen LogP contribution in [0.1, 0.15) is 17.5 Å². The van der Waals surface area contributed by atoms with Gasteiger partial charge < -0.3 is 15.5 Å². The van der Waals surface area contributed by atoms with E-state index >= 15 is 0 Å². The molecule has 3 rings (SSSR count). The Labute approximate surface area is 152 Å². The number of carbonyl (C=O) groups is 2. The third-order valence-electron chi connectivity index (χ3n) is 4.28. The van der Waals surface area contributed by atoms with Crippen molar-refractivity contribution in [3.63, 3.8) is 0 Å². The molecule has 2 aromatic carbocycles. The Kier molecular flexibility index (Phi) is 5.49. The molecule has 1 heterocycles. The molecule has 1 aliphatic rings. The van der Waals surface area contributed by atoms with Gasteiger partial charge in [-0.15, -0.1) is 0 Å². The second kappa shape index (κ2) is 8.17. The Morgan fingerprint density at radius 3 is 2.54 bits per heavy atom. The molecule has 1 saturated heterocycles. The predicted octanol–water partition coefficient (Wildman–Crippen LogP) is 2.07. The number of hydrogen-bond donors (Lipinski definition) is 2. The normalized spacial score (nSPS) is 13.7. The number of carbonyl (C=O) groups excluding carboxylic acids is 2. The summed E-state index contributed by atoms with van der Waals surface area (Å²) in [6, 6.07) is 16.9. The molecule has 1 aliphatic heterocycles. The number of hydrogen-bond acceptors (Lipinski definition) is 4. The Bertz CT molecular complexity index is 822. The van der Waals surface area contributed by atoms with E-state index in [9.17, 15) is 9.59 Å². The molecule has 0 bridgehead atoms. The summed E-state index contributed by atoms with van der Waals surface area (Å²) < 4.78 is 0.